The monoisotopic (exact) mass is 369 g/mol. The summed E-state index contributed by atoms with van der Waals surface area (Å²) in [5.74, 6) is -0.295. The van der Waals surface area contributed by atoms with Crippen molar-refractivity contribution >= 4 is 11.9 Å². The predicted molar refractivity (Wildman–Crippen MR) is 99.7 cm³/mol. The molecule has 2 aromatic carbocycles. The van der Waals surface area contributed by atoms with E-state index >= 15 is 0 Å². The van der Waals surface area contributed by atoms with Gasteiger partial charge in [0.2, 0.25) is 0 Å². The van der Waals surface area contributed by atoms with Gasteiger partial charge in [0, 0.05) is 25.3 Å². The van der Waals surface area contributed by atoms with Crippen molar-refractivity contribution in [1.29, 1.82) is 0 Å². The van der Waals surface area contributed by atoms with Gasteiger partial charge in [0.1, 0.15) is 12.4 Å². The van der Waals surface area contributed by atoms with E-state index in [2.05, 4.69) is 0 Å². The number of hydrogen-bond donors (Lipinski definition) is 1. The Morgan fingerprint density at radius 1 is 1.11 bits per heavy atom. The van der Waals surface area contributed by atoms with Gasteiger partial charge in [0.25, 0.3) is 5.91 Å². The van der Waals surface area contributed by atoms with Gasteiger partial charge in [0.15, 0.2) is 0 Å². The topological polar surface area (TPSA) is 76.1 Å². The maximum Gasteiger partial charge on any atom is 0.305 e. The highest BCUT2D eigenvalue weighted by molar-refractivity contribution is 5.95. The molecule has 6 nitrogen and oxygen atoms in total. The van der Waals surface area contributed by atoms with Crippen molar-refractivity contribution in [2.75, 3.05) is 13.7 Å². The van der Waals surface area contributed by atoms with Crippen molar-refractivity contribution < 1.29 is 24.2 Å². The number of carboxylic acids is 1. The summed E-state index contributed by atoms with van der Waals surface area (Å²) in [4.78, 5) is 25.5. The Morgan fingerprint density at radius 3 is 2.44 bits per heavy atom. The van der Waals surface area contributed by atoms with Crippen LogP contribution in [0.15, 0.2) is 54.6 Å². The molecule has 1 heterocycles. The summed E-state index contributed by atoms with van der Waals surface area (Å²) < 4.78 is 11.0. The van der Waals surface area contributed by atoms with Crippen molar-refractivity contribution in [2.24, 2.45) is 0 Å². The molecule has 2 atom stereocenters. The number of ether oxygens (including phenoxy) is 2. The Hall–Kier alpha value is -2.86. The molecule has 3 rings (SSSR count). The number of hydrogen-bond acceptors (Lipinski definition) is 4. The van der Waals surface area contributed by atoms with Crippen LogP contribution in [0.25, 0.3) is 0 Å². The first kappa shape index (κ1) is 18.9. The number of benzene rings is 2. The second-order valence-electron chi connectivity index (χ2n) is 6.60. The van der Waals surface area contributed by atoms with E-state index in [1.54, 1.807) is 24.1 Å². The number of aliphatic carboxylic acids is 1. The molecule has 27 heavy (non-hydrogen) atoms. The van der Waals surface area contributed by atoms with Crippen LogP contribution in [-0.4, -0.2) is 47.7 Å². The first-order valence-corrected chi connectivity index (χ1v) is 8.89. The minimum atomic E-state index is -0.914. The first-order valence-electron chi connectivity index (χ1n) is 8.89. The van der Waals surface area contributed by atoms with E-state index in [-0.39, 0.29) is 24.5 Å². The Bertz CT molecular complexity index is 775. The average molecular weight is 369 g/mol. The summed E-state index contributed by atoms with van der Waals surface area (Å²) in [7, 11) is 1.58. The molecule has 0 saturated carbocycles. The van der Waals surface area contributed by atoms with Crippen LogP contribution >= 0.6 is 0 Å². The Labute approximate surface area is 158 Å². The Morgan fingerprint density at radius 2 is 1.81 bits per heavy atom. The highest BCUT2D eigenvalue weighted by Gasteiger charge is 2.36. The normalized spacial score (nSPS) is 19.1. The largest absolute Gasteiger partial charge is 0.489 e. The number of nitrogens with zero attached hydrogens (tertiary/aromatic N) is 1. The lowest BCUT2D eigenvalue weighted by Crippen LogP contribution is -2.37. The standard InChI is InChI=1S/C21H23NO5/c1-26-19-11-17(12-20(23)24)22(13-19)21(25)16-9-7-15(8-10-16)14-27-18-5-3-2-4-6-18/h2-10,17,19H,11-14H2,1H3,(H,23,24). The zero-order valence-electron chi connectivity index (χ0n) is 15.2. The van der Waals surface area contributed by atoms with Crippen molar-refractivity contribution in [3.63, 3.8) is 0 Å². The molecule has 1 N–H and O–H groups in total. The second kappa shape index (κ2) is 8.68. The molecule has 0 aliphatic carbocycles. The van der Waals surface area contributed by atoms with Gasteiger partial charge in [-0.2, -0.15) is 0 Å². The van der Waals surface area contributed by atoms with Gasteiger partial charge in [-0.05, 0) is 36.2 Å². The molecule has 1 aliphatic heterocycles. The smallest absolute Gasteiger partial charge is 0.305 e. The summed E-state index contributed by atoms with van der Waals surface area (Å²) in [5.41, 5.74) is 1.49. The highest BCUT2D eigenvalue weighted by Crippen LogP contribution is 2.25. The summed E-state index contributed by atoms with van der Waals surface area (Å²) in [6.07, 6.45) is 0.337. The van der Waals surface area contributed by atoms with E-state index in [1.807, 2.05) is 42.5 Å². The van der Waals surface area contributed by atoms with Crippen LogP contribution in [0.3, 0.4) is 0 Å². The highest BCUT2D eigenvalue weighted by atomic mass is 16.5. The number of carbonyl (C=O) groups excluding carboxylic acids is 1. The van der Waals surface area contributed by atoms with Crippen LogP contribution in [-0.2, 0) is 16.1 Å². The molecule has 142 valence electrons. The fourth-order valence-corrected chi connectivity index (χ4v) is 3.28. The quantitative estimate of drug-likeness (QED) is 0.812. The van der Waals surface area contributed by atoms with Gasteiger partial charge in [-0.25, -0.2) is 0 Å². The van der Waals surface area contributed by atoms with Crippen LogP contribution in [0.4, 0.5) is 0 Å². The minimum absolute atomic E-state index is 0.0748. The molecule has 1 saturated heterocycles. The number of amides is 1. The van der Waals surface area contributed by atoms with Gasteiger partial charge in [-0.15, -0.1) is 0 Å². The van der Waals surface area contributed by atoms with E-state index in [0.29, 0.717) is 25.1 Å². The van der Waals surface area contributed by atoms with Gasteiger partial charge >= 0.3 is 5.97 Å². The second-order valence-corrected chi connectivity index (χ2v) is 6.60. The molecule has 2 aromatic rings. The number of carbonyl (C=O) groups is 2. The number of para-hydroxylation sites is 1. The number of likely N-dealkylation sites (tertiary alicyclic amines) is 1. The maximum absolute atomic E-state index is 12.8. The lowest BCUT2D eigenvalue weighted by molar-refractivity contribution is -0.137. The molecular weight excluding hydrogens is 346 g/mol. The third-order valence-electron chi connectivity index (χ3n) is 4.73. The van der Waals surface area contributed by atoms with Crippen LogP contribution in [0.5, 0.6) is 5.75 Å². The minimum Gasteiger partial charge on any atom is -0.489 e. The molecule has 0 radical (unpaired) electrons. The maximum atomic E-state index is 12.8. The summed E-state index contributed by atoms with van der Waals surface area (Å²) >= 11 is 0. The lowest BCUT2D eigenvalue weighted by Gasteiger charge is -2.23. The van der Waals surface area contributed by atoms with Crippen molar-refractivity contribution in [1.82, 2.24) is 4.90 Å². The summed E-state index contributed by atoms with van der Waals surface area (Å²) in [6, 6.07) is 16.4. The van der Waals surface area contributed by atoms with Crippen molar-refractivity contribution in [2.45, 2.75) is 31.6 Å². The number of carboxylic acid groups (broad SMARTS) is 1. The van der Waals surface area contributed by atoms with Crippen LogP contribution in [0.1, 0.15) is 28.8 Å². The van der Waals surface area contributed by atoms with Crippen molar-refractivity contribution in [3.05, 3.63) is 65.7 Å². The molecule has 2 unspecified atom stereocenters. The number of methoxy groups -OCH3 is 1. The van der Waals surface area contributed by atoms with Gasteiger partial charge in [-0.3, -0.25) is 9.59 Å². The van der Waals surface area contributed by atoms with Crippen molar-refractivity contribution in [3.8, 4) is 5.75 Å². The van der Waals surface area contributed by atoms with Gasteiger partial charge in [0.05, 0.1) is 12.5 Å². The van der Waals surface area contributed by atoms with Gasteiger partial charge in [-0.1, -0.05) is 30.3 Å². The molecule has 1 aliphatic rings. The predicted octanol–water partition coefficient (Wildman–Crippen LogP) is 2.97. The zero-order valence-corrected chi connectivity index (χ0v) is 15.2. The van der Waals surface area contributed by atoms with Gasteiger partial charge < -0.3 is 19.5 Å². The van der Waals surface area contributed by atoms with E-state index in [0.717, 1.165) is 11.3 Å². The van der Waals surface area contributed by atoms with E-state index in [4.69, 9.17) is 14.6 Å². The van der Waals surface area contributed by atoms with Crippen LogP contribution < -0.4 is 4.74 Å². The molecule has 0 bridgehead atoms. The van der Waals surface area contributed by atoms with E-state index < -0.39 is 5.97 Å². The first-order chi connectivity index (χ1) is 13.1. The third-order valence-corrected chi connectivity index (χ3v) is 4.73. The molecule has 1 fully saturated rings. The average Bonchev–Trinajstić information content (AvgIpc) is 3.09. The van der Waals surface area contributed by atoms with Crippen LogP contribution in [0.2, 0.25) is 0 Å². The SMILES string of the molecule is COC1CC(CC(=O)O)N(C(=O)c2ccc(COc3ccccc3)cc2)C1. The Kier molecular flexibility index (Phi) is 6.08. The molecule has 1 amide bonds. The Balaban J connectivity index is 1.64. The zero-order chi connectivity index (χ0) is 19.2. The van der Waals surface area contributed by atoms with Crippen LogP contribution in [0, 0.1) is 0 Å². The summed E-state index contributed by atoms with van der Waals surface area (Å²) in [5, 5.41) is 9.10. The fourth-order valence-electron chi connectivity index (χ4n) is 3.28. The van der Waals surface area contributed by atoms with E-state index in [9.17, 15) is 9.59 Å². The fraction of sp³-hybridized carbons (Fsp3) is 0.333. The van der Waals surface area contributed by atoms with E-state index in [1.165, 1.54) is 0 Å². The molecule has 0 aromatic heterocycles. The molecular formula is C21H23NO5. The summed E-state index contributed by atoms with van der Waals surface area (Å²) in [6.45, 7) is 0.821. The third kappa shape index (κ3) is 4.86. The molecule has 0 spiro atoms. The lowest BCUT2D eigenvalue weighted by atomic mass is 10.1. The molecule has 6 heteroatoms. The number of rotatable bonds is 7.